The number of pyridine rings is 1. The van der Waals surface area contributed by atoms with Crippen molar-refractivity contribution in [1.82, 2.24) is 19.4 Å². The molecule has 6 nitrogen and oxygen atoms in total. The molecule has 4 rings (SSSR count). The summed E-state index contributed by atoms with van der Waals surface area (Å²) >= 11 is 0. The fraction of sp³-hybridized carbons (Fsp3) is 0.435. The van der Waals surface area contributed by atoms with E-state index in [2.05, 4.69) is 14.9 Å². The summed E-state index contributed by atoms with van der Waals surface area (Å²) in [6, 6.07) is 13.5. The van der Waals surface area contributed by atoms with Crippen LogP contribution in [0.15, 0.2) is 47.3 Å². The van der Waals surface area contributed by atoms with Crippen LogP contribution in [0.4, 0.5) is 0 Å². The van der Waals surface area contributed by atoms with Gasteiger partial charge in [0.15, 0.2) is 0 Å². The largest absolute Gasteiger partial charge is 0.388 e. The molecule has 1 aliphatic heterocycles. The number of aliphatic hydroxyl groups is 1. The number of hydrogen-bond acceptors (Lipinski definition) is 5. The topological polar surface area (TPSA) is 71.2 Å². The molecule has 0 atom stereocenters. The number of para-hydroxylation sites is 1. The number of aryl methyl sites for hydroxylation is 2. The van der Waals surface area contributed by atoms with Gasteiger partial charge in [0.25, 0.3) is 5.56 Å². The van der Waals surface area contributed by atoms with Crippen molar-refractivity contribution < 1.29 is 5.11 Å². The number of likely N-dealkylation sites (tertiary alicyclic amines) is 1. The third-order valence-electron chi connectivity index (χ3n) is 5.83. The van der Waals surface area contributed by atoms with Gasteiger partial charge in [-0.25, -0.2) is 4.98 Å². The zero-order valence-corrected chi connectivity index (χ0v) is 17.1. The maximum atomic E-state index is 13.1. The molecule has 29 heavy (non-hydrogen) atoms. The van der Waals surface area contributed by atoms with Crippen LogP contribution in [0, 0.1) is 6.92 Å². The highest BCUT2D eigenvalue weighted by molar-refractivity contribution is 5.77. The van der Waals surface area contributed by atoms with Crippen molar-refractivity contribution in [1.29, 1.82) is 0 Å². The molecule has 0 aliphatic carbocycles. The van der Waals surface area contributed by atoms with Gasteiger partial charge in [0.1, 0.15) is 5.82 Å². The molecule has 0 spiro atoms. The van der Waals surface area contributed by atoms with Crippen LogP contribution in [0.1, 0.15) is 37.0 Å². The third-order valence-corrected chi connectivity index (χ3v) is 5.83. The number of nitrogens with zero attached hydrogens (tertiary/aromatic N) is 4. The highest BCUT2D eigenvalue weighted by atomic mass is 16.3. The zero-order chi connectivity index (χ0) is 20.4. The van der Waals surface area contributed by atoms with E-state index >= 15 is 0 Å². The molecule has 1 aliphatic rings. The summed E-state index contributed by atoms with van der Waals surface area (Å²) in [5, 5.41) is 11.8. The lowest BCUT2D eigenvalue weighted by Gasteiger charge is -2.38. The molecular weight excluding hydrogens is 364 g/mol. The fourth-order valence-electron chi connectivity index (χ4n) is 4.14. The van der Waals surface area contributed by atoms with Gasteiger partial charge in [0.05, 0.1) is 28.7 Å². The minimum atomic E-state index is -0.894. The average Bonchev–Trinajstić information content (AvgIpc) is 2.72. The summed E-state index contributed by atoms with van der Waals surface area (Å²) in [5.74, 6) is 0.730. The molecule has 1 aromatic carbocycles. The molecule has 1 N–H and O–H groups in total. The molecule has 0 saturated carbocycles. The van der Waals surface area contributed by atoms with Crippen LogP contribution in [-0.2, 0) is 19.5 Å². The molecule has 1 saturated heterocycles. The maximum Gasteiger partial charge on any atom is 0.261 e. The molecule has 0 bridgehead atoms. The molecule has 2 aromatic heterocycles. The van der Waals surface area contributed by atoms with E-state index < -0.39 is 5.60 Å². The number of hydrogen-bond donors (Lipinski definition) is 1. The Balaban J connectivity index is 1.50. The normalized spacial score (nSPS) is 16.9. The Morgan fingerprint density at radius 1 is 1.07 bits per heavy atom. The van der Waals surface area contributed by atoms with Crippen molar-refractivity contribution in [2.75, 3.05) is 13.1 Å². The minimum Gasteiger partial charge on any atom is -0.388 e. The van der Waals surface area contributed by atoms with Crippen molar-refractivity contribution in [2.45, 2.75) is 51.8 Å². The molecule has 6 heteroatoms. The monoisotopic (exact) mass is 392 g/mol. The van der Waals surface area contributed by atoms with Crippen LogP contribution >= 0.6 is 0 Å². The number of piperidine rings is 1. The first kappa shape index (κ1) is 19.7. The Morgan fingerprint density at radius 3 is 2.55 bits per heavy atom. The van der Waals surface area contributed by atoms with E-state index in [-0.39, 0.29) is 5.56 Å². The third kappa shape index (κ3) is 4.23. The average molecular weight is 393 g/mol. The first-order valence-corrected chi connectivity index (χ1v) is 10.3. The van der Waals surface area contributed by atoms with E-state index in [4.69, 9.17) is 0 Å². The summed E-state index contributed by atoms with van der Waals surface area (Å²) in [7, 11) is 0. The molecule has 0 amide bonds. The smallest absolute Gasteiger partial charge is 0.261 e. The fourth-order valence-corrected chi connectivity index (χ4v) is 4.14. The highest BCUT2D eigenvalue weighted by Gasteiger charge is 2.34. The van der Waals surface area contributed by atoms with Gasteiger partial charge in [0.2, 0.25) is 0 Å². The minimum absolute atomic E-state index is 0.0627. The number of rotatable bonds is 5. The Bertz CT molecular complexity index is 1070. The van der Waals surface area contributed by atoms with Crippen LogP contribution in [0.25, 0.3) is 10.9 Å². The van der Waals surface area contributed by atoms with Crippen LogP contribution < -0.4 is 5.56 Å². The molecule has 3 heterocycles. The first-order chi connectivity index (χ1) is 14.0. The van der Waals surface area contributed by atoms with Gasteiger partial charge >= 0.3 is 0 Å². The number of benzene rings is 1. The van der Waals surface area contributed by atoms with Crippen LogP contribution in [0.5, 0.6) is 0 Å². The summed E-state index contributed by atoms with van der Waals surface area (Å²) in [4.78, 5) is 24.6. The zero-order valence-electron chi connectivity index (χ0n) is 17.1. The number of fused-ring (bicyclic) bond motifs is 1. The Morgan fingerprint density at radius 2 is 1.83 bits per heavy atom. The molecule has 0 radical (unpaired) electrons. The molecule has 1 fully saturated rings. The lowest BCUT2D eigenvalue weighted by atomic mass is 9.91. The number of aromatic nitrogens is 3. The van der Waals surface area contributed by atoms with E-state index in [0.717, 1.165) is 42.4 Å². The maximum absolute atomic E-state index is 13.1. The second-order valence-electron chi connectivity index (χ2n) is 8.06. The van der Waals surface area contributed by atoms with Crippen molar-refractivity contribution in [3.05, 3.63) is 70.0 Å². The molecular formula is C23H28N4O2. The summed E-state index contributed by atoms with van der Waals surface area (Å²) < 4.78 is 1.68. The second-order valence-corrected chi connectivity index (χ2v) is 8.06. The Labute approximate surface area is 170 Å². The predicted molar refractivity (Wildman–Crippen MR) is 114 cm³/mol. The van der Waals surface area contributed by atoms with Crippen molar-refractivity contribution in [2.24, 2.45) is 0 Å². The quantitative estimate of drug-likeness (QED) is 0.723. The first-order valence-electron chi connectivity index (χ1n) is 10.3. The van der Waals surface area contributed by atoms with E-state index in [9.17, 15) is 9.90 Å². The van der Waals surface area contributed by atoms with Gasteiger partial charge < -0.3 is 5.11 Å². The second kappa shape index (κ2) is 8.05. The lowest BCUT2D eigenvalue weighted by molar-refractivity contribution is -0.0372. The van der Waals surface area contributed by atoms with E-state index in [0.29, 0.717) is 31.2 Å². The molecule has 0 unspecified atom stereocenters. The summed E-state index contributed by atoms with van der Waals surface area (Å²) in [6.45, 7) is 6.64. The van der Waals surface area contributed by atoms with E-state index in [1.165, 1.54) is 0 Å². The standard InChI is InChI=1S/C23H28N4O2/c1-3-21-25-20-10-5-4-9-19(20)22(28)27(21)16-23(29)11-13-26(14-12-23)15-18-8-6-7-17(2)24-18/h4-10,29H,3,11-16H2,1-2H3. The van der Waals surface area contributed by atoms with Gasteiger partial charge in [-0.1, -0.05) is 25.1 Å². The Kier molecular flexibility index (Phi) is 5.48. The Hall–Kier alpha value is -2.57. The predicted octanol–water partition coefficient (Wildman–Crippen LogP) is 2.69. The van der Waals surface area contributed by atoms with Crippen LogP contribution in [-0.4, -0.2) is 43.2 Å². The summed E-state index contributed by atoms with van der Waals surface area (Å²) in [6.07, 6.45) is 1.91. The highest BCUT2D eigenvalue weighted by Crippen LogP contribution is 2.25. The molecule has 152 valence electrons. The lowest BCUT2D eigenvalue weighted by Crippen LogP contribution is -2.48. The molecule has 3 aromatic rings. The van der Waals surface area contributed by atoms with Crippen molar-refractivity contribution >= 4 is 10.9 Å². The van der Waals surface area contributed by atoms with E-state index in [1.54, 1.807) is 4.57 Å². The van der Waals surface area contributed by atoms with Crippen LogP contribution in [0.3, 0.4) is 0 Å². The van der Waals surface area contributed by atoms with Gasteiger partial charge in [0, 0.05) is 31.7 Å². The van der Waals surface area contributed by atoms with Gasteiger partial charge in [-0.3, -0.25) is 19.2 Å². The van der Waals surface area contributed by atoms with Gasteiger partial charge in [-0.15, -0.1) is 0 Å². The summed E-state index contributed by atoms with van der Waals surface area (Å²) in [5.41, 5.74) is 1.84. The van der Waals surface area contributed by atoms with Crippen LogP contribution in [0.2, 0.25) is 0 Å². The van der Waals surface area contributed by atoms with Crippen molar-refractivity contribution in [3.8, 4) is 0 Å². The van der Waals surface area contributed by atoms with Gasteiger partial charge in [-0.2, -0.15) is 0 Å². The van der Waals surface area contributed by atoms with E-state index in [1.807, 2.05) is 56.3 Å². The van der Waals surface area contributed by atoms with Gasteiger partial charge in [-0.05, 0) is 44.0 Å². The van der Waals surface area contributed by atoms with Crippen molar-refractivity contribution in [3.63, 3.8) is 0 Å². The SMILES string of the molecule is CCc1nc2ccccc2c(=O)n1CC1(O)CCN(Cc2cccc(C)n2)CC1.